The first-order valence-corrected chi connectivity index (χ1v) is 33.3. The lowest BCUT2D eigenvalue weighted by Crippen LogP contribution is -2.38. The molecule has 7 aliphatic heterocycles. The second-order valence-electron chi connectivity index (χ2n) is 27.2. The van der Waals surface area contributed by atoms with Crippen LogP contribution in [0.3, 0.4) is 0 Å². The minimum atomic E-state index is -0.719. The van der Waals surface area contributed by atoms with Crippen LogP contribution in [0.4, 0.5) is 41.9 Å². The van der Waals surface area contributed by atoms with E-state index in [0.29, 0.717) is 87.5 Å². The Labute approximate surface area is 564 Å². The third-order valence-corrected chi connectivity index (χ3v) is 16.0. The SMILES string of the molecule is CC(C)(C)OC(=O)NCCC(=O)N1CCCCN(C(=O)CCNC(=O)OCC2c3ccccc3-c3ccccc32)c2ccc(cc2)Cc2ccc(cc2)N(C(=O)CCNC(=O)OC(C)(C)C)CCCCN(C(=O)CCNC(=O)OC(C)(C)C)c2ccc(cc2)Cc2ccc1cc2. The van der Waals surface area contributed by atoms with Crippen molar-refractivity contribution in [1.29, 1.82) is 0 Å². The van der Waals surface area contributed by atoms with E-state index in [2.05, 4.69) is 45.5 Å². The lowest BCUT2D eigenvalue weighted by Gasteiger charge is -2.26. The first-order valence-electron chi connectivity index (χ1n) is 33.3. The molecular formula is C76H94N8O12. The van der Waals surface area contributed by atoms with E-state index in [1.165, 1.54) is 0 Å². The van der Waals surface area contributed by atoms with E-state index < -0.39 is 41.2 Å². The molecule has 96 heavy (non-hydrogen) atoms. The molecule has 20 nitrogen and oxygen atoms in total. The topological polar surface area (TPSA) is 235 Å². The van der Waals surface area contributed by atoms with Crippen molar-refractivity contribution in [3.63, 3.8) is 0 Å². The van der Waals surface area contributed by atoms with Crippen LogP contribution in [0.2, 0.25) is 0 Å². The quantitative estimate of drug-likeness (QED) is 0.0746. The lowest BCUT2D eigenvalue weighted by molar-refractivity contribution is -0.119. The molecule has 0 unspecified atom stereocenters. The first kappa shape index (κ1) is 72.1. The standard InChI is InChI=1S/C76H94N8O12/c1-74(2,3)94-71(90)78-43-39-67(86)82-47-15-14-46-81(66(85)38-42-77-70(89)93-52-65-63-20-12-10-18-61(63)62-19-11-13-21-64(62)65)57-30-22-53(23-31-57)50-54-24-34-59(35-25-54)83(68(87)40-44-79-72(91)95-75(4,5)6)48-16-17-49-84(69(88)41-45-80-73(92)96-76(7,8)9)60-36-28-56(29-37-60)51-55-26-32-58(82)33-27-55/h10-13,18-37,65H,14-17,38-52H2,1-9H3,(H,77,89)(H,78,90)(H,79,91)(H,80,92). The molecule has 0 fully saturated rings. The Hall–Kier alpha value is -9.72. The maximum absolute atomic E-state index is 14.5. The second kappa shape index (κ2) is 33.6. The maximum Gasteiger partial charge on any atom is 0.407 e. The van der Waals surface area contributed by atoms with Gasteiger partial charge in [0.15, 0.2) is 0 Å². The van der Waals surface area contributed by atoms with Gasteiger partial charge in [-0.15, -0.1) is 0 Å². The highest BCUT2D eigenvalue weighted by Crippen LogP contribution is 2.44. The fourth-order valence-corrected chi connectivity index (χ4v) is 11.5. The summed E-state index contributed by atoms with van der Waals surface area (Å²) in [6.07, 6.45) is 0.583. The van der Waals surface area contributed by atoms with Crippen molar-refractivity contribution >= 4 is 70.8 Å². The molecular weight excluding hydrogens is 1220 g/mol. The number of carbonyl (C=O) groups excluding carboxylic acids is 8. The molecule has 8 amide bonds. The summed E-state index contributed by atoms with van der Waals surface area (Å²) in [6, 6.07) is 47.2. The number of nitrogens with zero attached hydrogens (tertiary/aromatic N) is 4. The third kappa shape index (κ3) is 22.2. The Kier molecular flexibility index (Phi) is 25.2. The second-order valence-corrected chi connectivity index (χ2v) is 27.2. The predicted octanol–water partition coefficient (Wildman–Crippen LogP) is 13.1. The van der Waals surface area contributed by atoms with Crippen molar-refractivity contribution in [3.05, 3.63) is 179 Å². The molecule has 510 valence electrons. The van der Waals surface area contributed by atoms with Gasteiger partial charge in [0.25, 0.3) is 0 Å². The van der Waals surface area contributed by atoms with Crippen molar-refractivity contribution in [2.45, 2.75) is 149 Å². The fourth-order valence-electron chi connectivity index (χ4n) is 11.5. The van der Waals surface area contributed by atoms with E-state index in [1.54, 1.807) is 81.9 Å². The minimum Gasteiger partial charge on any atom is -0.449 e. The summed E-state index contributed by atoms with van der Waals surface area (Å²) in [6.45, 7) is 17.5. The molecule has 8 bridgehead atoms. The Morgan fingerprint density at radius 1 is 0.354 bits per heavy atom. The molecule has 6 aromatic rings. The molecule has 14 rings (SSSR count). The summed E-state index contributed by atoms with van der Waals surface area (Å²) >= 11 is 0. The number of ether oxygens (including phenoxy) is 4. The van der Waals surface area contributed by atoms with E-state index >= 15 is 0 Å². The summed E-state index contributed by atoms with van der Waals surface area (Å²) in [4.78, 5) is 115. The zero-order valence-electron chi connectivity index (χ0n) is 57.1. The number of benzene rings is 6. The molecule has 0 spiro atoms. The Balaban J connectivity index is 1.03. The normalized spacial score (nSPS) is 14.1. The number of fused-ring (bicyclic) bond motifs is 3. The maximum atomic E-state index is 14.5. The average molecular weight is 1310 g/mol. The van der Waals surface area contributed by atoms with Crippen molar-refractivity contribution in [2.75, 3.05) is 78.6 Å². The largest absolute Gasteiger partial charge is 0.449 e. The van der Waals surface area contributed by atoms with Crippen LogP contribution in [0.5, 0.6) is 0 Å². The number of nitrogens with one attached hydrogen (secondary N) is 4. The Morgan fingerprint density at radius 2 is 0.604 bits per heavy atom. The van der Waals surface area contributed by atoms with Gasteiger partial charge in [-0.2, -0.15) is 0 Å². The Bertz CT molecular complexity index is 3590. The first-order chi connectivity index (χ1) is 45.8. The highest BCUT2D eigenvalue weighted by molar-refractivity contribution is 5.96. The van der Waals surface area contributed by atoms with Crippen molar-refractivity contribution in [1.82, 2.24) is 21.3 Å². The highest BCUT2D eigenvalue weighted by Gasteiger charge is 2.30. The number of anilines is 4. The van der Waals surface area contributed by atoms with E-state index in [9.17, 15) is 38.4 Å². The summed E-state index contributed by atoms with van der Waals surface area (Å²) in [5.74, 6) is -0.981. The van der Waals surface area contributed by atoms with Crippen LogP contribution in [0.15, 0.2) is 146 Å². The molecule has 0 aromatic heterocycles. The monoisotopic (exact) mass is 1310 g/mol. The lowest BCUT2D eigenvalue weighted by atomic mass is 9.98. The van der Waals surface area contributed by atoms with E-state index in [-0.39, 0.29) is 88.0 Å². The highest BCUT2D eigenvalue weighted by atomic mass is 16.6. The smallest absolute Gasteiger partial charge is 0.407 e. The molecule has 1 aliphatic carbocycles. The third-order valence-electron chi connectivity index (χ3n) is 16.0. The van der Waals surface area contributed by atoms with Crippen LogP contribution in [0.1, 0.15) is 153 Å². The van der Waals surface area contributed by atoms with Gasteiger partial charge in [0.1, 0.15) is 23.4 Å². The molecule has 8 aliphatic rings. The number of amides is 8. The molecule has 6 aromatic carbocycles. The van der Waals surface area contributed by atoms with Gasteiger partial charge in [0.05, 0.1) is 0 Å². The molecule has 4 N–H and O–H groups in total. The molecule has 7 heterocycles. The molecule has 0 atom stereocenters. The van der Waals surface area contributed by atoms with Gasteiger partial charge in [0, 0.05) is 107 Å². The minimum absolute atomic E-state index is 0.000341. The summed E-state index contributed by atoms with van der Waals surface area (Å²) < 4.78 is 22.1. The van der Waals surface area contributed by atoms with Crippen molar-refractivity contribution in [3.8, 4) is 11.1 Å². The van der Waals surface area contributed by atoms with Gasteiger partial charge >= 0.3 is 24.4 Å². The zero-order chi connectivity index (χ0) is 69.0. The zero-order valence-corrected chi connectivity index (χ0v) is 57.1. The van der Waals surface area contributed by atoms with E-state index in [1.807, 2.05) is 121 Å². The van der Waals surface area contributed by atoms with Crippen LogP contribution in [0, 0.1) is 0 Å². The van der Waals surface area contributed by atoms with Crippen LogP contribution >= 0.6 is 0 Å². The van der Waals surface area contributed by atoms with Gasteiger partial charge in [-0.1, -0.05) is 97.1 Å². The summed E-state index contributed by atoms with van der Waals surface area (Å²) in [7, 11) is 0. The van der Waals surface area contributed by atoms with Gasteiger partial charge in [-0.25, -0.2) is 19.2 Å². The number of alkyl carbamates (subject to hydrolysis) is 4. The summed E-state index contributed by atoms with van der Waals surface area (Å²) in [5, 5.41) is 10.9. The van der Waals surface area contributed by atoms with Gasteiger partial charge < -0.3 is 59.8 Å². The molecule has 0 saturated heterocycles. The number of rotatable bonds is 14. The van der Waals surface area contributed by atoms with Gasteiger partial charge in [-0.3, -0.25) is 19.2 Å². The number of hydrogen-bond donors (Lipinski definition) is 4. The average Bonchev–Trinajstić information content (AvgIpc) is 1.61. The van der Waals surface area contributed by atoms with Gasteiger partial charge in [0.2, 0.25) is 23.6 Å². The predicted molar refractivity (Wildman–Crippen MR) is 374 cm³/mol. The van der Waals surface area contributed by atoms with Crippen LogP contribution in [0.25, 0.3) is 11.1 Å². The Morgan fingerprint density at radius 3 is 0.865 bits per heavy atom. The van der Waals surface area contributed by atoms with E-state index in [0.717, 1.165) is 44.5 Å². The van der Waals surface area contributed by atoms with Crippen LogP contribution < -0.4 is 40.9 Å². The fraction of sp³-hybridized carbons (Fsp3) is 0.421. The van der Waals surface area contributed by atoms with Crippen molar-refractivity contribution in [2.24, 2.45) is 0 Å². The van der Waals surface area contributed by atoms with Gasteiger partial charge in [-0.05, 0) is 194 Å². The molecule has 0 radical (unpaired) electrons. The molecule has 20 heteroatoms. The number of carbonyl (C=O) groups is 8. The van der Waals surface area contributed by atoms with Crippen molar-refractivity contribution < 1.29 is 57.3 Å². The summed E-state index contributed by atoms with van der Waals surface area (Å²) in [5.41, 5.74) is 8.78. The van der Waals surface area contributed by atoms with Crippen LogP contribution in [-0.4, -0.2) is 124 Å². The van der Waals surface area contributed by atoms with Crippen LogP contribution in [-0.2, 0) is 51.0 Å². The molecule has 0 saturated carbocycles. The number of hydrogen-bond acceptors (Lipinski definition) is 12. The van der Waals surface area contributed by atoms with E-state index in [4.69, 9.17) is 18.9 Å².